The SMILES string of the molecule is CCN(CC)c1ccc(CN2CC(CO)OCC2C)cc1. The molecule has 0 spiro atoms. The van der Waals surface area contributed by atoms with Gasteiger partial charge in [-0.25, -0.2) is 0 Å². The minimum Gasteiger partial charge on any atom is -0.394 e. The van der Waals surface area contributed by atoms with Crippen molar-refractivity contribution in [3.05, 3.63) is 29.8 Å². The molecule has 2 atom stereocenters. The molecule has 2 unspecified atom stereocenters. The number of morpholine rings is 1. The lowest BCUT2D eigenvalue weighted by Gasteiger charge is -2.37. The third-order valence-electron chi connectivity index (χ3n) is 4.29. The third kappa shape index (κ3) is 4.19. The van der Waals surface area contributed by atoms with Crippen molar-refractivity contribution in [3.8, 4) is 0 Å². The summed E-state index contributed by atoms with van der Waals surface area (Å²) in [5, 5.41) is 9.26. The van der Waals surface area contributed by atoms with Gasteiger partial charge in [-0.2, -0.15) is 0 Å². The summed E-state index contributed by atoms with van der Waals surface area (Å²) in [6.07, 6.45) is -0.0452. The Hall–Kier alpha value is -1.10. The number of benzene rings is 1. The topological polar surface area (TPSA) is 35.9 Å². The maximum atomic E-state index is 9.26. The molecule has 1 aliphatic rings. The van der Waals surface area contributed by atoms with Crippen LogP contribution in [0.2, 0.25) is 0 Å². The minimum absolute atomic E-state index is 0.0452. The van der Waals surface area contributed by atoms with E-state index in [9.17, 15) is 5.11 Å². The Morgan fingerprint density at radius 1 is 1.24 bits per heavy atom. The number of anilines is 1. The van der Waals surface area contributed by atoms with Crippen LogP contribution in [0, 0.1) is 0 Å². The lowest BCUT2D eigenvalue weighted by molar-refractivity contribution is -0.0805. The van der Waals surface area contributed by atoms with Crippen molar-refractivity contribution in [2.75, 3.05) is 37.7 Å². The quantitative estimate of drug-likeness (QED) is 0.871. The van der Waals surface area contributed by atoms with E-state index in [4.69, 9.17) is 4.74 Å². The molecule has 4 heteroatoms. The Kier molecular flexibility index (Phi) is 6.03. The number of rotatable bonds is 6. The first kappa shape index (κ1) is 16.3. The van der Waals surface area contributed by atoms with Crippen LogP contribution in [0.3, 0.4) is 0 Å². The molecule has 118 valence electrons. The van der Waals surface area contributed by atoms with Gasteiger partial charge < -0.3 is 14.7 Å². The molecule has 1 fully saturated rings. The van der Waals surface area contributed by atoms with Crippen molar-refractivity contribution in [2.45, 2.75) is 39.5 Å². The lowest BCUT2D eigenvalue weighted by atomic mass is 10.1. The average molecular weight is 292 g/mol. The molecule has 1 aromatic carbocycles. The second-order valence-corrected chi connectivity index (χ2v) is 5.76. The van der Waals surface area contributed by atoms with Crippen LogP contribution in [0.1, 0.15) is 26.3 Å². The molecule has 4 nitrogen and oxygen atoms in total. The van der Waals surface area contributed by atoms with E-state index < -0.39 is 0 Å². The smallest absolute Gasteiger partial charge is 0.0933 e. The molecule has 0 bridgehead atoms. The first-order valence-electron chi connectivity index (χ1n) is 7.98. The van der Waals surface area contributed by atoms with Crippen LogP contribution in [0.4, 0.5) is 5.69 Å². The Labute approximate surface area is 128 Å². The monoisotopic (exact) mass is 292 g/mol. The third-order valence-corrected chi connectivity index (χ3v) is 4.29. The van der Waals surface area contributed by atoms with E-state index in [1.165, 1.54) is 11.3 Å². The molecule has 1 saturated heterocycles. The van der Waals surface area contributed by atoms with E-state index in [2.05, 4.69) is 54.8 Å². The molecule has 1 N–H and O–H groups in total. The van der Waals surface area contributed by atoms with Crippen LogP contribution in [0.25, 0.3) is 0 Å². The summed E-state index contributed by atoms with van der Waals surface area (Å²) in [7, 11) is 0. The Morgan fingerprint density at radius 3 is 2.48 bits per heavy atom. The highest BCUT2D eigenvalue weighted by atomic mass is 16.5. The van der Waals surface area contributed by atoms with E-state index in [0.29, 0.717) is 12.6 Å². The number of hydrogen-bond donors (Lipinski definition) is 1. The number of nitrogens with zero attached hydrogens (tertiary/aromatic N) is 2. The Bertz CT molecular complexity index is 417. The summed E-state index contributed by atoms with van der Waals surface area (Å²) < 4.78 is 5.59. The van der Waals surface area contributed by atoms with Crippen LogP contribution in [-0.4, -0.2) is 55.0 Å². The zero-order valence-electron chi connectivity index (χ0n) is 13.5. The fourth-order valence-electron chi connectivity index (χ4n) is 2.84. The van der Waals surface area contributed by atoms with Gasteiger partial charge in [0.05, 0.1) is 19.3 Å². The molecule has 0 saturated carbocycles. The second kappa shape index (κ2) is 7.78. The predicted octanol–water partition coefficient (Wildman–Crippen LogP) is 2.11. The molecule has 1 heterocycles. The van der Waals surface area contributed by atoms with Gasteiger partial charge in [0.15, 0.2) is 0 Å². The summed E-state index contributed by atoms with van der Waals surface area (Å²) in [6.45, 7) is 11.1. The van der Waals surface area contributed by atoms with Gasteiger partial charge in [-0.15, -0.1) is 0 Å². The van der Waals surface area contributed by atoms with E-state index in [0.717, 1.165) is 26.2 Å². The van der Waals surface area contributed by atoms with Crippen molar-refractivity contribution < 1.29 is 9.84 Å². The first-order valence-corrected chi connectivity index (χ1v) is 7.98. The van der Waals surface area contributed by atoms with Crippen molar-refractivity contribution in [2.24, 2.45) is 0 Å². The normalized spacial score (nSPS) is 23.2. The van der Waals surface area contributed by atoms with Crippen LogP contribution in [-0.2, 0) is 11.3 Å². The van der Waals surface area contributed by atoms with Gasteiger partial charge in [-0.3, -0.25) is 4.90 Å². The van der Waals surface area contributed by atoms with Crippen LogP contribution < -0.4 is 4.90 Å². The van der Waals surface area contributed by atoms with Gasteiger partial charge in [-0.05, 0) is 38.5 Å². The van der Waals surface area contributed by atoms with Crippen LogP contribution in [0.15, 0.2) is 24.3 Å². The van der Waals surface area contributed by atoms with E-state index in [-0.39, 0.29) is 12.7 Å². The number of hydrogen-bond acceptors (Lipinski definition) is 4. The average Bonchev–Trinajstić information content (AvgIpc) is 2.52. The summed E-state index contributed by atoms with van der Waals surface area (Å²) in [4.78, 5) is 4.74. The van der Waals surface area contributed by atoms with E-state index >= 15 is 0 Å². The summed E-state index contributed by atoms with van der Waals surface area (Å²) in [5.41, 5.74) is 2.60. The molecule has 0 amide bonds. The van der Waals surface area contributed by atoms with Gasteiger partial charge in [0.25, 0.3) is 0 Å². The highest BCUT2D eigenvalue weighted by molar-refractivity contribution is 5.47. The van der Waals surface area contributed by atoms with Gasteiger partial charge in [0, 0.05) is 37.9 Å². The number of ether oxygens (including phenoxy) is 1. The standard InChI is InChI=1S/C17H28N2O2/c1-4-18(5-2)16-8-6-15(7-9-16)10-19-11-17(12-20)21-13-14(19)3/h6-9,14,17,20H,4-5,10-13H2,1-3H3. The largest absolute Gasteiger partial charge is 0.394 e. The summed E-state index contributed by atoms with van der Waals surface area (Å²) >= 11 is 0. The van der Waals surface area contributed by atoms with Crippen molar-refractivity contribution in [1.82, 2.24) is 4.90 Å². The fourth-order valence-corrected chi connectivity index (χ4v) is 2.84. The molecule has 0 aliphatic carbocycles. The zero-order chi connectivity index (χ0) is 15.2. The molecule has 21 heavy (non-hydrogen) atoms. The van der Waals surface area contributed by atoms with Crippen LogP contribution in [0.5, 0.6) is 0 Å². The zero-order valence-corrected chi connectivity index (χ0v) is 13.5. The Balaban J connectivity index is 1.99. The lowest BCUT2D eigenvalue weighted by Crippen LogP contribution is -2.48. The van der Waals surface area contributed by atoms with Gasteiger partial charge in [0.1, 0.15) is 0 Å². The van der Waals surface area contributed by atoms with E-state index in [1.807, 2.05) is 0 Å². The molecule has 1 aromatic rings. The highest BCUT2D eigenvalue weighted by Crippen LogP contribution is 2.19. The molecule has 0 aromatic heterocycles. The van der Waals surface area contributed by atoms with Gasteiger partial charge >= 0.3 is 0 Å². The van der Waals surface area contributed by atoms with Gasteiger partial charge in [-0.1, -0.05) is 12.1 Å². The van der Waals surface area contributed by atoms with Crippen LogP contribution >= 0.6 is 0 Å². The predicted molar refractivity (Wildman–Crippen MR) is 86.7 cm³/mol. The summed E-state index contributed by atoms with van der Waals surface area (Å²) in [6, 6.07) is 9.23. The molecular weight excluding hydrogens is 264 g/mol. The number of aliphatic hydroxyl groups is 1. The molecule has 1 aliphatic heterocycles. The maximum absolute atomic E-state index is 9.26. The molecule has 2 rings (SSSR count). The minimum atomic E-state index is -0.0452. The summed E-state index contributed by atoms with van der Waals surface area (Å²) in [5.74, 6) is 0. The number of aliphatic hydroxyl groups excluding tert-OH is 1. The second-order valence-electron chi connectivity index (χ2n) is 5.76. The fraction of sp³-hybridized carbons (Fsp3) is 0.647. The molecule has 0 radical (unpaired) electrons. The van der Waals surface area contributed by atoms with Crippen molar-refractivity contribution in [1.29, 1.82) is 0 Å². The molecular formula is C17H28N2O2. The highest BCUT2D eigenvalue weighted by Gasteiger charge is 2.25. The van der Waals surface area contributed by atoms with E-state index in [1.54, 1.807) is 0 Å². The Morgan fingerprint density at radius 2 is 1.90 bits per heavy atom. The van der Waals surface area contributed by atoms with Gasteiger partial charge in [0.2, 0.25) is 0 Å². The maximum Gasteiger partial charge on any atom is 0.0933 e. The van der Waals surface area contributed by atoms with Crippen molar-refractivity contribution >= 4 is 5.69 Å². The first-order chi connectivity index (χ1) is 10.2. The van der Waals surface area contributed by atoms with Crippen molar-refractivity contribution in [3.63, 3.8) is 0 Å².